The Balaban J connectivity index is 1.53. The van der Waals surface area contributed by atoms with Gasteiger partial charge < -0.3 is 15.3 Å². The van der Waals surface area contributed by atoms with Crippen LogP contribution < -0.4 is 5.32 Å². The summed E-state index contributed by atoms with van der Waals surface area (Å²) in [6, 6.07) is 1.93. The summed E-state index contributed by atoms with van der Waals surface area (Å²) in [6.45, 7) is 0.516. The van der Waals surface area contributed by atoms with Gasteiger partial charge >= 0.3 is 5.97 Å². The first kappa shape index (κ1) is 19.3. The van der Waals surface area contributed by atoms with E-state index in [-0.39, 0.29) is 30.5 Å². The highest BCUT2D eigenvalue weighted by Crippen LogP contribution is 2.33. The van der Waals surface area contributed by atoms with Gasteiger partial charge in [-0.05, 0) is 37.3 Å². The molecule has 1 atom stereocenters. The largest absolute Gasteiger partial charge is 0.480 e. The molecule has 1 heterocycles. The first-order valence-corrected chi connectivity index (χ1v) is 9.12. The highest BCUT2D eigenvalue weighted by Gasteiger charge is 2.33. The number of nitrogens with zero attached hydrogens (tertiary/aromatic N) is 1. The van der Waals surface area contributed by atoms with Crippen molar-refractivity contribution in [3.63, 3.8) is 0 Å². The van der Waals surface area contributed by atoms with E-state index in [1.165, 1.54) is 4.90 Å². The highest BCUT2D eigenvalue weighted by molar-refractivity contribution is 5.94. The van der Waals surface area contributed by atoms with Gasteiger partial charge in [-0.2, -0.15) is 0 Å². The molecule has 1 saturated carbocycles. The van der Waals surface area contributed by atoms with Gasteiger partial charge in [0.1, 0.15) is 17.7 Å². The standard InChI is InChI=1S/C19H22F2N2O4/c20-13-3-4-14(15(21)10-13)18(25)23-7-5-12(6-8-23)17(24)22-16(19(26)27)9-11-1-2-11/h3-4,10-12,16H,1-2,5-9H2,(H,22,24)(H,26,27). The highest BCUT2D eigenvalue weighted by atomic mass is 19.1. The number of halogens is 2. The zero-order chi connectivity index (χ0) is 19.6. The maximum absolute atomic E-state index is 13.8. The summed E-state index contributed by atoms with van der Waals surface area (Å²) in [6.07, 6.45) is 3.19. The minimum atomic E-state index is -1.03. The van der Waals surface area contributed by atoms with Crippen LogP contribution in [0.1, 0.15) is 42.5 Å². The molecule has 0 spiro atoms. The number of benzene rings is 1. The number of aliphatic carboxylic acids is 1. The number of likely N-dealkylation sites (tertiary alicyclic amines) is 1. The van der Waals surface area contributed by atoms with E-state index in [0.717, 1.165) is 25.0 Å². The Kier molecular flexibility index (Phi) is 5.72. The molecule has 1 unspecified atom stereocenters. The van der Waals surface area contributed by atoms with Gasteiger partial charge in [-0.3, -0.25) is 9.59 Å². The average Bonchev–Trinajstić information content (AvgIpc) is 3.45. The van der Waals surface area contributed by atoms with Gasteiger partial charge in [-0.1, -0.05) is 12.8 Å². The lowest BCUT2D eigenvalue weighted by Gasteiger charge is -2.32. The van der Waals surface area contributed by atoms with Crippen LogP contribution in [-0.4, -0.2) is 46.9 Å². The first-order valence-electron chi connectivity index (χ1n) is 9.12. The fraction of sp³-hybridized carbons (Fsp3) is 0.526. The van der Waals surface area contributed by atoms with Crippen molar-refractivity contribution in [1.29, 1.82) is 0 Å². The first-order chi connectivity index (χ1) is 12.8. The molecule has 0 bridgehead atoms. The van der Waals surface area contributed by atoms with Crippen molar-refractivity contribution in [1.82, 2.24) is 10.2 Å². The minimum Gasteiger partial charge on any atom is -0.480 e. The number of carbonyl (C=O) groups is 3. The maximum Gasteiger partial charge on any atom is 0.326 e. The molecule has 1 aliphatic heterocycles. The van der Waals surface area contributed by atoms with E-state index in [0.29, 0.717) is 31.2 Å². The van der Waals surface area contributed by atoms with Gasteiger partial charge in [-0.25, -0.2) is 13.6 Å². The summed E-state index contributed by atoms with van der Waals surface area (Å²) in [5, 5.41) is 11.9. The number of rotatable bonds is 6. The van der Waals surface area contributed by atoms with Crippen LogP contribution >= 0.6 is 0 Å². The lowest BCUT2D eigenvalue weighted by Crippen LogP contribution is -2.47. The molecule has 2 fully saturated rings. The third-order valence-corrected chi connectivity index (χ3v) is 5.20. The Morgan fingerprint density at radius 1 is 1.15 bits per heavy atom. The van der Waals surface area contributed by atoms with Gasteiger partial charge in [-0.15, -0.1) is 0 Å². The number of nitrogens with one attached hydrogen (secondary N) is 1. The van der Waals surface area contributed by atoms with Gasteiger partial charge in [0.25, 0.3) is 5.91 Å². The van der Waals surface area contributed by atoms with E-state index in [1.807, 2.05) is 0 Å². The maximum atomic E-state index is 13.8. The molecule has 2 aliphatic rings. The van der Waals surface area contributed by atoms with E-state index < -0.39 is 29.6 Å². The van der Waals surface area contributed by atoms with Gasteiger partial charge in [0.05, 0.1) is 5.56 Å². The van der Waals surface area contributed by atoms with Crippen molar-refractivity contribution in [2.45, 2.75) is 38.1 Å². The fourth-order valence-corrected chi connectivity index (χ4v) is 3.38. The van der Waals surface area contributed by atoms with Crippen LogP contribution in [0.15, 0.2) is 18.2 Å². The lowest BCUT2D eigenvalue weighted by molar-refractivity contribution is -0.143. The molecular weight excluding hydrogens is 358 g/mol. The molecule has 6 nitrogen and oxygen atoms in total. The molecule has 0 radical (unpaired) electrons. The zero-order valence-corrected chi connectivity index (χ0v) is 14.8. The molecule has 1 aromatic carbocycles. The second-order valence-corrected chi connectivity index (χ2v) is 7.27. The van der Waals surface area contributed by atoms with Crippen LogP contribution in [0.25, 0.3) is 0 Å². The summed E-state index contributed by atoms with van der Waals surface area (Å²) >= 11 is 0. The quantitative estimate of drug-likeness (QED) is 0.792. The second kappa shape index (κ2) is 8.02. The Hall–Kier alpha value is -2.51. The number of piperidine rings is 1. The van der Waals surface area contributed by atoms with E-state index in [1.54, 1.807) is 0 Å². The number of hydrogen-bond acceptors (Lipinski definition) is 3. The summed E-state index contributed by atoms with van der Waals surface area (Å²) in [7, 11) is 0. The Labute approximate surface area is 155 Å². The molecule has 1 saturated heterocycles. The third-order valence-electron chi connectivity index (χ3n) is 5.20. The smallest absolute Gasteiger partial charge is 0.326 e. The van der Waals surface area contributed by atoms with Gasteiger partial charge in [0.2, 0.25) is 5.91 Å². The Morgan fingerprint density at radius 3 is 2.37 bits per heavy atom. The normalized spacial score (nSPS) is 18.8. The van der Waals surface area contributed by atoms with Crippen molar-refractivity contribution in [2.75, 3.05) is 13.1 Å². The molecule has 1 aliphatic carbocycles. The summed E-state index contributed by atoms with van der Waals surface area (Å²) < 4.78 is 26.8. The predicted molar refractivity (Wildman–Crippen MR) is 91.9 cm³/mol. The van der Waals surface area contributed by atoms with Crippen molar-refractivity contribution >= 4 is 17.8 Å². The number of carboxylic acid groups (broad SMARTS) is 1. The van der Waals surface area contributed by atoms with Crippen molar-refractivity contribution in [3.8, 4) is 0 Å². The van der Waals surface area contributed by atoms with E-state index in [2.05, 4.69) is 5.32 Å². The van der Waals surface area contributed by atoms with Crippen LogP contribution in [0.2, 0.25) is 0 Å². The average molecular weight is 380 g/mol. The molecule has 146 valence electrons. The summed E-state index contributed by atoms with van der Waals surface area (Å²) in [5.74, 6) is -3.56. The monoisotopic (exact) mass is 380 g/mol. The van der Waals surface area contributed by atoms with Crippen LogP contribution in [0, 0.1) is 23.5 Å². The van der Waals surface area contributed by atoms with Crippen molar-refractivity contribution < 1.29 is 28.3 Å². The van der Waals surface area contributed by atoms with Crippen LogP contribution in [0.3, 0.4) is 0 Å². The molecular formula is C19H22F2N2O4. The molecule has 1 aromatic rings. The number of carbonyl (C=O) groups excluding carboxylic acids is 2. The lowest BCUT2D eigenvalue weighted by atomic mass is 9.94. The molecule has 8 heteroatoms. The third kappa shape index (κ3) is 4.81. The number of amides is 2. The fourth-order valence-electron chi connectivity index (χ4n) is 3.38. The summed E-state index contributed by atoms with van der Waals surface area (Å²) in [4.78, 5) is 37.5. The molecule has 27 heavy (non-hydrogen) atoms. The zero-order valence-electron chi connectivity index (χ0n) is 14.8. The number of carboxylic acids is 1. The molecule has 3 rings (SSSR count). The van der Waals surface area contributed by atoms with E-state index in [9.17, 15) is 28.3 Å². The van der Waals surface area contributed by atoms with Gasteiger partial charge in [0.15, 0.2) is 0 Å². The second-order valence-electron chi connectivity index (χ2n) is 7.27. The van der Waals surface area contributed by atoms with E-state index >= 15 is 0 Å². The molecule has 2 amide bonds. The Morgan fingerprint density at radius 2 is 1.81 bits per heavy atom. The van der Waals surface area contributed by atoms with E-state index in [4.69, 9.17) is 0 Å². The van der Waals surface area contributed by atoms with Crippen molar-refractivity contribution in [3.05, 3.63) is 35.4 Å². The topological polar surface area (TPSA) is 86.7 Å². The molecule has 0 aromatic heterocycles. The Bertz CT molecular complexity index is 743. The molecule has 2 N–H and O–H groups in total. The minimum absolute atomic E-state index is 0.199. The number of hydrogen-bond donors (Lipinski definition) is 2. The van der Waals surface area contributed by atoms with Crippen LogP contribution in [0.5, 0.6) is 0 Å². The summed E-state index contributed by atoms with van der Waals surface area (Å²) in [5.41, 5.74) is -0.199. The predicted octanol–water partition coefficient (Wildman–Crippen LogP) is 2.19. The SMILES string of the molecule is O=C(NC(CC1CC1)C(=O)O)C1CCN(C(=O)c2ccc(F)cc2F)CC1. The van der Waals surface area contributed by atoms with Crippen molar-refractivity contribution in [2.24, 2.45) is 11.8 Å². The van der Waals surface area contributed by atoms with Gasteiger partial charge in [0, 0.05) is 25.1 Å². The van der Waals surface area contributed by atoms with Crippen LogP contribution in [-0.2, 0) is 9.59 Å². The van der Waals surface area contributed by atoms with Crippen LogP contribution in [0.4, 0.5) is 8.78 Å².